The maximum atomic E-state index is 12.1. The number of carbonyl (C=O) groups is 1. The summed E-state index contributed by atoms with van der Waals surface area (Å²) in [5.74, 6) is 0.366. The van der Waals surface area contributed by atoms with E-state index in [1.165, 1.54) is 32.1 Å². The maximum Gasteiger partial charge on any atom is 0.213 e. The van der Waals surface area contributed by atoms with Gasteiger partial charge in [-0.3, -0.25) is 4.79 Å². The number of pyridine rings is 1. The Morgan fingerprint density at radius 1 is 1.00 bits per heavy atom. The van der Waals surface area contributed by atoms with Crippen LogP contribution < -0.4 is 9.47 Å². The number of hydrogen-bond acceptors (Lipinski definition) is 3. The van der Waals surface area contributed by atoms with Crippen molar-refractivity contribution < 1.29 is 9.36 Å². The first-order chi connectivity index (χ1) is 15.3. The van der Waals surface area contributed by atoms with E-state index in [9.17, 15) is 4.79 Å². The minimum Gasteiger partial charge on any atom is -0.338 e. The molecule has 0 fully saturated rings. The van der Waals surface area contributed by atoms with Crippen molar-refractivity contribution in [2.45, 2.75) is 57.9 Å². The summed E-state index contributed by atoms with van der Waals surface area (Å²) >= 11 is 1.83. The Balaban J connectivity index is 1.47. The van der Waals surface area contributed by atoms with Gasteiger partial charge in [0.15, 0.2) is 6.20 Å². The van der Waals surface area contributed by atoms with Gasteiger partial charge in [-0.25, -0.2) is 0 Å². The van der Waals surface area contributed by atoms with Gasteiger partial charge in [0, 0.05) is 42.3 Å². The van der Waals surface area contributed by atoms with Crippen LogP contribution in [-0.4, -0.2) is 12.8 Å². The van der Waals surface area contributed by atoms with Crippen LogP contribution >= 0.6 is 11.8 Å². The summed E-state index contributed by atoms with van der Waals surface area (Å²) in [6.07, 6.45) is 8.34. The number of carbonyl (C=O) groups excluding carboxylic acids is 1. The molecule has 0 atom stereocenters. The van der Waals surface area contributed by atoms with Gasteiger partial charge < -0.3 is 4.90 Å². The number of anilines is 1. The Hall–Kier alpha value is -2.59. The number of ketones is 1. The average molecular weight is 446 g/mol. The fourth-order valence-electron chi connectivity index (χ4n) is 4.13. The van der Waals surface area contributed by atoms with Crippen molar-refractivity contribution in [3.8, 4) is 0 Å². The predicted molar refractivity (Wildman–Crippen MR) is 136 cm³/mol. The minimum absolute atomic E-state index is 0.220. The number of Topliss-reactive ketones (excluding diaryl/α,β-unsaturated/α-hetero) is 1. The summed E-state index contributed by atoms with van der Waals surface area (Å²) in [6.45, 7) is 7.00. The molecule has 32 heavy (non-hydrogen) atoms. The van der Waals surface area contributed by atoms with E-state index in [4.69, 9.17) is 0 Å². The molecule has 0 unspecified atom stereocenters. The van der Waals surface area contributed by atoms with Crippen LogP contribution in [0.15, 0.2) is 70.7 Å². The van der Waals surface area contributed by atoms with E-state index in [0.717, 1.165) is 25.8 Å². The molecule has 2 aromatic carbocycles. The first-order valence-corrected chi connectivity index (χ1v) is 12.3. The maximum absolute atomic E-state index is 12.1. The van der Waals surface area contributed by atoms with Crippen molar-refractivity contribution in [1.29, 1.82) is 0 Å². The summed E-state index contributed by atoms with van der Waals surface area (Å²) < 4.78 is 2.35. The number of rotatable bonds is 7. The van der Waals surface area contributed by atoms with Crippen LogP contribution in [0.3, 0.4) is 0 Å². The lowest BCUT2D eigenvalue weighted by Crippen LogP contribution is -2.34. The number of fused-ring (bicyclic) bond motifs is 2. The van der Waals surface area contributed by atoms with Crippen LogP contribution in [0.5, 0.6) is 0 Å². The molecule has 166 valence electrons. The Labute approximate surface area is 196 Å². The fourth-order valence-corrected chi connectivity index (χ4v) is 5.23. The van der Waals surface area contributed by atoms with Crippen molar-refractivity contribution in [3.63, 3.8) is 0 Å². The molecule has 0 saturated carbocycles. The van der Waals surface area contributed by atoms with Crippen molar-refractivity contribution in [1.82, 2.24) is 0 Å². The summed E-state index contributed by atoms with van der Waals surface area (Å²) in [5, 5.41) is 2.52. The third kappa shape index (κ3) is 4.91. The number of hydrogen-bond donors (Lipinski definition) is 0. The third-order valence-corrected chi connectivity index (χ3v) is 7.31. The number of benzene rings is 2. The molecule has 1 aliphatic heterocycles. The Morgan fingerprint density at radius 2 is 1.75 bits per heavy atom. The van der Waals surface area contributed by atoms with E-state index in [2.05, 4.69) is 83.4 Å². The average Bonchev–Trinajstić information content (AvgIpc) is 3.09. The first-order valence-electron chi connectivity index (χ1n) is 11.5. The second-order valence-electron chi connectivity index (χ2n) is 9.58. The molecule has 0 N–H and O–H groups in total. The zero-order valence-corrected chi connectivity index (χ0v) is 20.4. The second-order valence-corrected chi connectivity index (χ2v) is 10.6. The molecule has 4 rings (SSSR count). The van der Waals surface area contributed by atoms with Crippen LogP contribution in [0.25, 0.3) is 17.0 Å². The highest BCUT2D eigenvalue weighted by Crippen LogP contribution is 2.45. The van der Waals surface area contributed by atoms with Crippen molar-refractivity contribution in [2.24, 2.45) is 5.41 Å². The van der Waals surface area contributed by atoms with Gasteiger partial charge in [-0.15, -0.1) is 0 Å². The van der Waals surface area contributed by atoms with Crippen LogP contribution in [0, 0.1) is 5.41 Å². The lowest BCUT2D eigenvalue weighted by Gasteiger charge is -2.16. The van der Waals surface area contributed by atoms with Crippen molar-refractivity contribution in [2.75, 3.05) is 11.9 Å². The van der Waals surface area contributed by atoms with Gasteiger partial charge in [0.1, 0.15) is 12.3 Å². The zero-order valence-electron chi connectivity index (χ0n) is 19.6. The molecule has 3 aromatic rings. The van der Waals surface area contributed by atoms with Gasteiger partial charge in [-0.05, 0) is 42.7 Å². The molecule has 2 heterocycles. The molecule has 1 aliphatic rings. The van der Waals surface area contributed by atoms with E-state index in [1.807, 2.05) is 32.5 Å². The van der Waals surface area contributed by atoms with Gasteiger partial charge in [0.25, 0.3) is 0 Å². The van der Waals surface area contributed by atoms with Gasteiger partial charge in [-0.2, -0.15) is 4.57 Å². The van der Waals surface area contributed by atoms with E-state index < -0.39 is 0 Å². The smallest absolute Gasteiger partial charge is 0.213 e. The highest BCUT2D eigenvalue weighted by atomic mass is 32.2. The minimum atomic E-state index is -0.220. The summed E-state index contributed by atoms with van der Waals surface area (Å²) in [7, 11) is 2.14. The lowest BCUT2D eigenvalue weighted by molar-refractivity contribution is -0.671. The number of aryl methyl sites for hydroxylation is 1. The standard InChI is InChI=1S/C28H33N2OS/c1-28(2,3)26(31)16-6-5-11-18-30-19-17-21(22-12-7-8-13-23(22)30)20-27-29(4)24-14-9-10-15-25(24)32-27/h7-10,12-15,17,19-20H,5-6,11,16,18H2,1-4H3/q+1. The molecule has 0 radical (unpaired) electrons. The lowest BCUT2D eigenvalue weighted by atomic mass is 9.88. The monoisotopic (exact) mass is 445 g/mol. The number of thioether (sulfide) groups is 1. The molecule has 0 spiro atoms. The molecule has 1 aromatic heterocycles. The molecular formula is C28H33N2OS+. The summed E-state index contributed by atoms with van der Waals surface area (Å²) in [6, 6.07) is 19.4. The van der Waals surface area contributed by atoms with E-state index in [1.54, 1.807) is 0 Å². The molecule has 0 amide bonds. The SMILES string of the molecule is CN1/C(=C/c2cc[n+](CCCCCC(=O)C(C)(C)C)c3ccccc23)Sc2ccccc21. The summed E-state index contributed by atoms with van der Waals surface area (Å²) in [4.78, 5) is 15.7. The van der Waals surface area contributed by atoms with Gasteiger partial charge in [-0.1, -0.05) is 56.8 Å². The summed E-state index contributed by atoms with van der Waals surface area (Å²) in [5.41, 5.74) is 3.55. The third-order valence-electron chi connectivity index (χ3n) is 6.15. The largest absolute Gasteiger partial charge is 0.338 e. The fraction of sp³-hybridized carbons (Fsp3) is 0.357. The number of nitrogens with zero attached hydrogens (tertiary/aromatic N) is 2. The molecule has 4 heteroatoms. The van der Waals surface area contributed by atoms with E-state index in [0.29, 0.717) is 12.2 Å². The Kier molecular flexibility index (Phi) is 6.71. The number of unbranched alkanes of at least 4 members (excludes halogenated alkanes) is 2. The number of aromatic nitrogens is 1. The first kappa shape index (κ1) is 22.6. The van der Waals surface area contributed by atoms with Gasteiger partial charge in [0.2, 0.25) is 5.52 Å². The highest BCUT2D eigenvalue weighted by Gasteiger charge is 2.22. The topological polar surface area (TPSA) is 24.2 Å². The van der Waals surface area contributed by atoms with Gasteiger partial charge >= 0.3 is 0 Å². The second kappa shape index (κ2) is 9.50. The molecule has 0 bridgehead atoms. The van der Waals surface area contributed by atoms with Crippen LogP contribution in [0.1, 0.15) is 52.0 Å². The molecular weight excluding hydrogens is 412 g/mol. The van der Waals surface area contributed by atoms with Crippen molar-refractivity contribution >= 4 is 40.2 Å². The van der Waals surface area contributed by atoms with E-state index >= 15 is 0 Å². The van der Waals surface area contributed by atoms with Crippen LogP contribution in [0.2, 0.25) is 0 Å². The van der Waals surface area contributed by atoms with Gasteiger partial charge in [0.05, 0.1) is 16.1 Å². The van der Waals surface area contributed by atoms with E-state index in [-0.39, 0.29) is 5.41 Å². The molecule has 0 saturated heterocycles. The predicted octanol–water partition coefficient (Wildman–Crippen LogP) is 6.84. The normalized spacial score (nSPS) is 14.9. The molecule has 0 aliphatic carbocycles. The highest BCUT2D eigenvalue weighted by molar-refractivity contribution is 8.03. The Morgan fingerprint density at radius 3 is 2.53 bits per heavy atom. The number of para-hydroxylation sites is 2. The Bertz CT molecular complexity index is 1160. The quantitative estimate of drug-likeness (QED) is 0.294. The van der Waals surface area contributed by atoms with Crippen molar-refractivity contribution in [3.05, 3.63) is 71.4 Å². The van der Waals surface area contributed by atoms with Crippen LogP contribution in [0.4, 0.5) is 5.69 Å². The van der Waals surface area contributed by atoms with Crippen LogP contribution in [-0.2, 0) is 11.3 Å². The molecule has 3 nitrogen and oxygen atoms in total. The zero-order chi connectivity index (χ0) is 22.7.